The maximum atomic E-state index is 12.2. The van der Waals surface area contributed by atoms with Gasteiger partial charge in [0.05, 0.1) is 0 Å². The van der Waals surface area contributed by atoms with Gasteiger partial charge in [0.1, 0.15) is 12.4 Å². The van der Waals surface area contributed by atoms with Crippen molar-refractivity contribution in [2.75, 3.05) is 72.1 Å². The van der Waals surface area contributed by atoms with Crippen LogP contribution in [0.15, 0.2) is 30.3 Å². The lowest BCUT2D eigenvalue weighted by Crippen LogP contribution is -2.49. The predicted octanol–water partition coefficient (Wildman–Crippen LogP) is 1.35. The summed E-state index contributed by atoms with van der Waals surface area (Å²) in [7, 11) is 0. The number of nitrogens with zero attached hydrogens (tertiary/aromatic N) is 3. The predicted molar refractivity (Wildman–Crippen MR) is 113 cm³/mol. The second-order valence-corrected chi connectivity index (χ2v) is 6.73. The van der Waals surface area contributed by atoms with Gasteiger partial charge in [-0.15, -0.1) is 24.8 Å². The summed E-state index contributed by atoms with van der Waals surface area (Å²) >= 11 is 0. The molecule has 1 N–H and O–H groups in total. The third-order valence-electron chi connectivity index (χ3n) is 5.00. The fourth-order valence-electron chi connectivity index (χ4n) is 3.37. The van der Waals surface area contributed by atoms with E-state index in [4.69, 9.17) is 4.74 Å². The molecule has 0 unspecified atom stereocenters. The number of carbonyl (C=O) groups is 1. The highest BCUT2D eigenvalue weighted by molar-refractivity contribution is 5.85. The molecule has 2 heterocycles. The molecule has 0 spiro atoms. The van der Waals surface area contributed by atoms with Gasteiger partial charge in [-0.05, 0) is 12.1 Å². The molecular formula is C19H32Cl2N4O2. The quantitative estimate of drug-likeness (QED) is 0.723. The number of hydrogen-bond donors (Lipinski definition) is 1. The van der Waals surface area contributed by atoms with Crippen molar-refractivity contribution in [3.05, 3.63) is 30.3 Å². The maximum absolute atomic E-state index is 12.2. The van der Waals surface area contributed by atoms with E-state index in [-0.39, 0.29) is 24.8 Å². The minimum absolute atomic E-state index is 0. The highest BCUT2D eigenvalue weighted by atomic mass is 35.5. The Balaban J connectivity index is 0.00000182. The minimum Gasteiger partial charge on any atom is -0.492 e. The molecule has 1 aromatic carbocycles. The average molecular weight is 419 g/mol. The largest absolute Gasteiger partial charge is 0.492 e. The molecule has 2 aliphatic rings. The molecule has 2 saturated heterocycles. The molecule has 2 fully saturated rings. The first-order valence-corrected chi connectivity index (χ1v) is 9.42. The zero-order valence-electron chi connectivity index (χ0n) is 15.8. The van der Waals surface area contributed by atoms with E-state index in [0.29, 0.717) is 12.3 Å². The van der Waals surface area contributed by atoms with E-state index >= 15 is 0 Å². The number of hydrogen-bond acceptors (Lipinski definition) is 5. The normalized spacial score (nSPS) is 18.3. The average Bonchev–Trinajstić information content (AvgIpc) is 2.68. The number of nitrogens with one attached hydrogen (secondary N) is 1. The summed E-state index contributed by atoms with van der Waals surface area (Å²) in [5.74, 6) is 1.24. The summed E-state index contributed by atoms with van der Waals surface area (Å²) in [4.78, 5) is 19.1. The number of piperazine rings is 2. The Kier molecular flexibility index (Phi) is 11.7. The van der Waals surface area contributed by atoms with Crippen LogP contribution in [0.2, 0.25) is 0 Å². The van der Waals surface area contributed by atoms with Crippen molar-refractivity contribution in [1.82, 2.24) is 20.0 Å². The van der Waals surface area contributed by atoms with Crippen molar-refractivity contribution < 1.29 is 9.53 Å². The van der Waals surface area contributed by atoms with Gasteiger partial charge in [-0.2, -0.15) is 0 Å². The van der Waals surface area contributed by atoms with E-state index in [2.05, 4.69) is 15.1 Å². The van der Waals surface area contributed by atoms with Crippen molar-refractivity contribution in [1.29, 1.82) is 0 Å². The van der Waals surface area contributed by atoms with Gasteiger partial charge in [-0.1, -0.05) is 18.2 Å². The van der Waals surface area contributed by atoms with Crippen LogP contribution in [0.3, 0.4) is 0 Å². The Morgan fingerprint density at radius 2 is 1.48 bits per heavy atom. The van der Waals surface area contributed by atoms with Crippen molar-refractivity contribution in [2.45, 2.75) is 6.42 Å². The molecule has 154 valence electrons. The van der Waals surface area contributed by atoms with Crippen LogP contribution in [0.4, 0.5) is 0 Å². The Morgan fingerprint density at radius 1 is 0.889 bits per heavy atom. The first-order valence-electron chi connectivity index (χ1n) is 9.42. The third kappa shape index (κ3) is 8.23. The van der Waals surface area contributed by atoms with E-state index in [9.17, 15) is 4.79 Å². The number of ether oxygens (including phenoxy) is 1. The third-order valence-corrected chi connectivity index (χ3v) is 5.00. The highest BCUT2D eigenvalue weighted by Crippen LogP contribution is 2.09. The van der Waals surface area contributed by atoms with Crippen LogP contribution in [0.25, 0.3) is 0 Å². The van der Waals surface area contributed by atoms with Crippen LogP contribution in [0.5, 0.6) is 5.75 Å². The molecule has 0 atom stereocenters. The molecular weight excluding hydrogens is 387 g/mol. The molecule has 27 heavy (non-hydrogen) atoms. The summed E-state index contributed by atoms with van der Waals surface area (Å²) in [5, 5.41) is 3.29. The Labute approximate surface area is 175 Å². The van der Waals surface area contributed by atoms with E-state index in [1.165, 1.54) is 0 Å². The van der Waals surface area contributed by atoms with Gasteiger partial charge >= 0.3 is 0 Å². The van der Waals surface area contributed by atoms with Crippen LogP contribution < -0.4 is 10.1 Å². The highest BCUT2D eigenvalue weighted by Gasteiger charge is 2.20. The zero-order valence-corrected chi connectivity index (χ0v) is 17.5. The lowest BCUT2D eigenvalue weighted by Gasteiger charge is -2.35. The molecule has 0 bridgehead atoms. The van der Waals surface area contributed by atoms with Crippen LogP contribution in [-0.4, -0.2) is 92.7 Å². The minimum atomic E-state index is 0. The molecule has 0 saturated carbocycles. The van der Waals surface area contributed by atoms with Gasteiger partial charge in [0, 0.05) is 71.9 Å². The molecule has 1 amide bonds. The monoisotopic (exact) mass is 418 g/mol. The van der Waals surface area contributed by atoms with E-state index in [1.807, 2.05) is 35.2 Å². The van der Waals surface area contributed by atoms with Crippen LogP contribution in [-0.2, 0) is 4.79 Å². The first kappa shape index (κ1) is 24.0. The second kappa shape index (κ2) is 13.2. The summed E-state index contributed by atoms with van der Waals surface area (Å²) in [6.45, 7) is 10.3. The molecule has 2 aliphatic heterocycles. The fourth-order valence-corrected chi connectivity index (χ4v) is 3.37. The lowest BCUT2D eigenvalue weighted by atomic mass is 10.2. The standard InChI is InChI=1S/C19H30N4O2.2ClH/c24-19(23-10-7-20-8-11-23)6-9-21-12-14-22(15-13-21)16-17-25-18-4-2-1-3-5-18;;/h1-5,20H,6-17H2;2*1H. The van der Waals surface area contributed by atoms with Crippen LogP contribution in [0.1, 0.15) is 6.42 Å². The lowest BCUT2D eigenvalue weighted by molar-refractivity contribution is -0.132. The molecule has 8 heteroatoms. The molecule has 0 aromatic heterocycles. The van der Waals surface area contributed by atoms with Gasteiger partial charge in [-0.25, -0.2) is 0 Å². The second-order valence-electron chi connectivity index (χ2n) is 6.73. The van der Waals surface area contributed by atoms with Crippen molar-refractivity contribution in [3.63, 3.8) is 0 Å². The Morgan fingerprint density at radius 3 is 2.11 bits per heavy atom. The summed E-state index contributed by atoms with van der Waals surface area (Å²) in [6.07, 6.45) is 0.650. The van der Waals surface area contributed by atoms with Crippen molar-refractivity contribution >= 4 is 30.7 Å². The molecule has 0 radical (unpaired) electrons. The summed E-state index contributed by atoms with van der Waals surface area (Å²) < 4.78 is 5.77. The van der Waals surface area contributed by atoms with Gasteiger partial charge in [0.25, 0.3) is 0 Å². The number of halogens is 2. The van der Waals surface area contributed by atoms with Gasteiger partial charge in [-0.3, -0.25) is 9.69 Å². The molecule has 0 aliphatic carbocycles. The van der Waals surface area contributed by atoms with E-state index in [1.54, 1.807) is 0 Å². The number of rotatable bonds is 7. The number of carbonyl (C=O) groups excluding carboxylic acids is 1. The molecule has 6 nitrogen and oxygen atoms in total. The topological polar surface area (TPSA) is 48.1 Å². The van der Waals surface area contributed by atoms with Crippen molar-refractivity contribution in [3.8, 4) is 5.75 Å². The molecule has 3 rings (SSSR count). The van der Waals surface area contributed by atoms with Crippen molar-refractivity contribution in [2.24, 2.45) is 0 Å². The molecule has 1 aromatic rings. The number of amides is 1. The van der Waals surface area contributed by atoms with Gasteiger partial charge < -0.3 is 19.9 Å². The van der Waals surface area contributed by atoms with E-state index in [0.717, 1.165) is 77.8 Å². The maximum Gasteiger partial charge on any atom is 0.223 e. The smallest absolute Gasteiger partial charge is 0.223 e. The van der Waals surface area contributed by atoms with E-state index < -0.39 is 0 Å². The number of benzene rings is 1. The zero-order chi connectivity index (χ0) is 17.3. The Bertz CT molecular complexity index is 522. The SMILES string of the molecule is Cl.Cl.O=C(CCN1CCN(CCOc2ccccc2)CC1)N1CCNCC1. The number of para-hydroxylation sites is 1. The van der Waals surface area contributed by atoms with Crippen LogP contribution >= 0.6 is 24.8 Å². The Hall–Kier alpha value is -1.05. The summed E-state index contributed by atoms with van der Waals surface area (Å²) in [5.41, 5.74) is 0. The fraction of sp³-hybridized carbons (Fsp3) is 0.632. The van der Waals surface area contributed by atoms with Gasteiger partial charge in [0.2, 0.25) is 5.91 Å². The first-order chi connectivity index (χ1) is 12.3. The van der Waals surface area contributed by atoms with Gasteiger partial charge in [0.15, 0.2) is 0 Å². The van der Waals surface area contributed by atoms with Crippen LogP contribution in [0, 0.1) is 0 Å². The summed E-state index contributed by atoms with van der Waals surface area (Å²) in [6, 6.07) is 9.98.